The minimum absolute atomic E-state index is 0.0291. The molecule has 2 N–H and O–H groups in total. The first-order valence-electron chi connectivity index (χ1n) is 4.88. The van der Waals surface area contributed by atoms with Crippen LogP contribution in [0.25, 0.3) is 0 Å². The van der Waals surface area contributed by atoms with E-state index >= 15 is 0 Å². The van der Waals surface area contributed by atoms with Crippen LogP contribution in [0, 0.1) is 0 Å². The first kappa shape index (κ1) is 11.5. The normalized spacial score (nSPS) is 17.8. The summed E-state index contributed by atoms with van der Waals surface area (Å²) < 4.78 is 0. The molecule has 1 heterocycles. The number of carboxylic acids is 1. The Balaban J connectivity index is 2.73. The van der Waals surface area contributed by atoms with Crippen LogP contribution in [0.3, 0.4) is 0 Å². The number of urea groups is 1. The van der Waals surface area contributed by atoms with Gasteiger partial charge < -0.3 is 10.4 Å². The summed E-state index contributed by atoms with van der Waals surface area (Å²) in [6.45, 7) is 1.85. The molecule has 1 rings (SSSR count). The molecule has 84 valence electrons. The Labute approximate surface area is 87.2 Å². The highest BCUT2D eigenvalue weighted by Crippen LogP contribution is 2.14. The molecule has 0 aromatic carbocycles. The minimum Gasteiger partial charge on any atom is -0.481 e. The summed E-state index contributed by atoms with van der Waals surface area (Å²) in [4.78, 5) is 34.2. The van der Waals surface area contributed by atoms with Crippen LogP contribution in [0.4, 0.5) is 4.79 Å². The molecule has 15 heavy (non-hydrogen) atoms. The largest absolute Gasteiger partial charge is 0.481 e. The van der Waals surface area contributed by atoms with Crippen molar-refractivity contribution in [2.24, 2.45) is 0 Å². The van der Waals surface area contributed by atoms with E-state index in [4.69, 9.17) is 5.11 Å². The molecule has 1 aliphatic rings. The highest BCUT2D eigenvalue weighted by atomic mass is 16.4. The summed E-state index contributed by atoms with van der Waals surface area (Å²) in [6.07, 6.45) is 1.06. The van der Waals surface area contributed by atoms with Crippen LogP contribution in [-0.4, -0.2) is 40.5 Å². The van der Waals surface area contributed by atoms with Gasteiger partial charge >= 0.3 is 12.0 Å². The van der Waals surface area contributed by atoms with Crippen LogP contribution in [0.5, 0.6) is 0 Å². The Morgan fingerprint density at radius 2 is 2.27 bits per heavy atom. The lowest BCUT2D eigenvalue weighted by Crippen LogP contribution is -2.41. The molecule has 0 bridgehead atoms. The number of carboxylic acid groups (broad SMARTS) is 1. The first-order chi connectivity index (χ1) is 7.06. The van der Waals surface area contributed by atoms with Crippen molar-refractivity contribution < 1.29 is 19.5 Å². The minimum atomic E-state index is -0.999. The van der Waals surface area contributed by atoms with Crippen LogP contribution in [-0.2, 0) is 9.59 Å². The standard InChI is InChI=1S/C9H14N2O4/c1-2-3-6(4-8(13)14)11-7(12)5-10-9(11)15/h6H,2-5H2,1H3,(H,10,15)(H,13,14). The van der Waals surface area contributed by atoms with Crippen LogP contribution in [0.2, 0.25) is 0 Å². The third kappa shape index (κ3) is 2.68. The van der Waals surface area contributed by atoms with E-state index < -0.39 is 18.0 Å². The topological polar surface area (TPSA) is 86.7 Å². The second-order valence-electron chi connectivity index (χ2n) is 3.46. The maximum absolute atomic E-state index is 11.3. The van der Waals surface area contributed by atoms with E-state index in [0.717, 1.165) is 11.3 Å². The number of hydrogen-bond acceptors (Lipinski definition) is 3. The van der Waals surface area contributed by atoms with Crippen molar-refractivity contribution in [3.8, 4) is 0 Å². The zero-order chi connectivity index (χ0) is 11.4. The quantitative estimate of drug-likeness (QED) is 0.639. The monoisotopic (exact) mass is 214 g/mol. The maximum atomic E-state index is 11.3. The molecule has 0 saturated carbocycles. The fourth-order valence-corrected chi connectivity index (χ4v) is 1.66. The van der Waals surface area contributed by atoms with Gasteiger partial charge in [0.2, 0.25) is 5.91 Å². The van der Waals surface area contributed by atoms with Gasteiger partial charge in [-0.2, -0.15) is 0 Å². The molecule has 0 radical (unpaired) electrons. The number of rotatable bonds is 5. The second-order valence-corrected chi connectivity index (χ2v) is 3.46. The molecule has 6 nitrogen and oxygen atoms in total. The van der Waals surface area contributed by atoms with Crippen LogP contribution in [0.1, 0.15) is 26.2 Å². The van der Waals surface area contributed by atoms with Crippen molar-refractivity contribution >= 4 is 17.9 Å². The van der Waals surface area contributed by atoms with Gasteiger partial charge in [0, 0.05) is 0 Å². The predicted molar refractivity (Wildman–Crippen MR) is 51.2 cm³/mol. The molecule has 1 fully saturated rings. The number of carbonyl (C=O) groups excluding carboxylic acids is 2. The summed E-state index contributed by atoms with van der Waals surface area (Å²) >= 11 is 0. The summed E-state index contributed by atoms with van der Waals surface area (Å²) in [5.74, 6) is -1.35. The average molecular weight is 214 g/mol. The van der Waals surface area contributed by atoms with Crippen LogP contribution >= 0.6 is 0 Å². The molecule has 3 amide bonds. The molecule has 0 spiro atoms. The predicted octanol–water partition coefficient (Wildman–Crippen LogP) is 0.182. The Kier molecular flexibility index (Phi) is 3.65. The molecule has 0 aromatic rings. The van der Waals surface area contributed by atoms with Gasteiger partial charge in [-0.25, -0.2) is 4.79 Å². The van der Waals surface area contributed by atoms with Crippen LogP contribution < -0.4 is 5.32 Å². The number of hydrogen-bond donors (Lipinski definition) is 2. The van der Waals surface area contributed by atoms with E-state index in [1.165, 1.54) is 0 Å². The first-order valence-corrected chi connectivity index (χ1v) is 4.88. The summed E-state index contributed by atoms with van der Waals surface area (Å²) in [5, 5.41) is 11.0. The number of carbonyl (C=O) groups is 3. The third-order valence-electron chi connectivity index (χ3n) is 2.28. The Morgan fingerprint density at radius 3 is 2.67 bits per heavy atom. The number of nitrogens with one attached hydrogen (secondary N) is 1. The highest BCUT2D eigenvalue weighted by molar-refractivity contribution is 6.02. The summed E-state index contributed by atoms with van der Waals surface area (Å²) in [7, 11) is 0. The zero-order valence-corrected chi connectivity index (χ0v) is 8.52. The number of imide groups is 1. The molecule has 6 heteroatoms. The lowest BCUT2D eigenvalue weighted by molar-refractivity contribution is -0.138. The second kappa shape index (κ2) is 4.77. The molecule has 1 saturated heterocycles. The van der Waals surface area contributed by atoms with Gasteiger partial charge in [-0.1, -0.05) is 13.3 Å². The number of amides is 3. The maximum Gasteiger partial charge on any atom is 0.324 e. The molecule has 0 aromatic heterocycles. The van der Waals surface area contributed by atoms with Crippen molar-refractivity contribution in [2.75, 3.05) is 6.54 Å². The zero-order valence-electron chi connectivity index (χ0n) is 8.52. The third-order valence-corrected chi connectivity index (χ3v) is 2.28. The average Bonchev–Trinajstić information content (AvgIpc) is 2.45. The summed E-state index contributed by atoms with van der Waals surface area (Å²) in [6, 6.07) is -1.01. The fourth-order valence-electron chi connectivity index (χ4n) is 1.66. The van der Waals surface area contributed by atoms with Crippen molar-refractivity contribution in [1.82, 2.24) is 10.2 Å². The Hall–Kier alpha value is -1.59. The highest BCUT2D eigenvalue weighted by Gasteiger charge is 2.35. The Bertz CT molecular complexity index is 274. The molecular formula is C9H14N2O4. The van der Waals surface area contributed by atoms with Gasteiger partial charge in [-0.15, -0.1) is 0 Å². The lowest BCUT2D eigenvalue weighted by atomic mass is 10.1. The molecule has 0 aliphatic carbocycles. The van der Waals surface area contributed by atoms with Crippen molar-refractivity contribution in [3.63, 3.8) is 0 Å². The lowest BCUT2D eigenvalue weighted by Gasteiger charge is -2.23. The van der Waals surface area contributed by atoms with E-state index in [9.17, 15) is 14.4 Å². The molecule has 1 unspecified atom stereocenters. The molecule has 1 atom stereocenters. The molecular weight excluding hydrogens is 200 g/mol. The van der Waals surface area contributed by atoms with E-state index in [0.29, 0.717) is 6.42 Å². The van der Waals surface area contributed by atoms with Gasteiger partial charge in [0.1, 0.15) is 0 Å². The van der Waals surface area contributed by atoms with Gasteiger partial charge in [0.05, 0.1) is 19.0 Å². The SMILES string of the molecule is CCCC(CC(=O)O)N1C(=O)CNC1=O. The molecule has 1 aliphatic heterocycles. The van der Waals surface area contributed by atoms with Gasteiger partial charge in [0.25, 0.3) is 0 Å². The number of nitrogens with zero attached hydrogens (tertiary/aromatic N) is 1. The van der Waals surface area contributed by atoms with Gasteiger partial charge in [0.15, 0.2) is 0 Å². The van der Waals surface area contributed by atoms with Crippen molar-refractivity contribution in [2.45, 2.75) is 32.2 Å². The van der Waals surface area contributed by atoms with Crippen LogP contribution in [0.15, 0.2) is 0 Å². The van der Waals surface area contributed by atoms with Gasteiger partial charge in [-0.05, 0) is 6.42 Å². The fraction of sp³-hybridized carbons (Fsp3) is 0.667. The van der Waals surface area contributed by atoms with Crippen molar-refractivity contribution in [1.29, 1.82) is 0 Å². The summed E-state index contributed by atoms with van der Waals surface area (Å²) in [5.41, 5.74) is 0. The van der Waals surface area contributed by atoms with Gasteiger partial charge in [-0.3, -0.25) is 14.5 Å². The smallest absolute Gasteiger partial charge is 0.324 e. The van der Waals surface area contributed by atoms with E-state index in [-0.39, 0.29) is 18.9 Å². The van der Waals surface area contributed by atoms with Crippen molar-refractivity contribution in [3.05, 3.63) is 0 Å². The van der Waals surface area contributed by atoms with E-state index in [1.807, 2.05) is 6.92 Å². The number of aliphatic carboxylic acids is 1. The van der Waals surface area contributed by atoms with E-state index in [2.05, 4.69) is 5.32 Å². The van der Waals surface area contributed by atoms with E-state index in [1.54, 1.807) is 0 Å². The Morgan fingerprint density at radius 1 is 1.60 bits per heavy atom.